The number of hydrogen-bond donors (Lipinski definition) is 1. The maximum atomic E-state index is 13.2. The van der Waals surface area contributed by atoms with Gasteiger partial charge >= 0.3 is 0 Å². The van der Waals surface area contributed by atoms with Crippen molar-refractivity contribution in [2.75, 3.05) is 6.54 Å². The van der Waals surface area contributed by atoms with Crippen LogP contribution in [0.15, 0.2) is 40.9 Å². The second kappa shape index (κ2) is 7.07. The molecule has 106 valence electrons. The van der Waals surface area contributed by atoms with Crippen molar-refractivity contribution in [3.05, 3.63) is 62.8 Å². The zero-order chi connectivity index (χ0) is 14.5. The maximum Gasteiger partial charge on any atom is 0.134 e. The molecule has 0 aliphatic rings. The molecule has 0 aromatic heterocycles. The topological polar surface area (TPSA) is 35.2 Å². The Morgan fingerprint density at radius 1 is 1.20 bits per heavy atom. The van der Waals surface area contributed by atoms with Gasteiger partial charge in [-0.3, -0.25) is 0 Å². The van der Waals surface area contributed by atoms with Crippen LogP contribution in [0.4, 0.5) is 4.39 Å². The molecule has 0 fully saturated rings. The van der Waals surface area contributed by atoms with Gasteiger partial charge in [0.25, 0.3) is 0 Å². The van der Waals surface area contributed by atoms with Crippen LogP contribution in [0.3, 0.4) is 0 Å². The van der Waals surface area contributed by atoms with Crippen molar-refractivity contribution in [1.29, 1.82) is 0 Å². The smallest absolute Gasteiger partial charge is 0.134 e. The molecule has 0 saturated heterocycles. The summed E-state index contributed by atoms with van der Waals surface area (Å²) in [6, 6.07) is 10.0. The summed E-state index contributed by atoms with van der Waals surface area (Å²) in [7, 11) is 0. The molecule has 2 nitrogen and oxygen atoms in total. The molecule has 0 unspecified atom stereocenters. The zero-order valence-corrected chi connectivity index (χ0v) is 13.0. The summed E-state index contributed by atoms with van der Waals surface area (Å²) in [6.45, 7) is 0.816. The lowest BCUT2D eigenvalue weighted by Crippen LogP contribution is -2.03. The van der Waals surface area contributed by atoms with Crippen molar-refractivity contribution in [3.8, 4) is 5.75 Å². The highest BCUT2D eigenvalue weighted by molar-refractivity contribution is 9.10. The molecule has 2 rings (SSSR count). The highest BCUT2D eigenvalue weighted by Crippen LogP contribution is 2.28. The third kappa shape index (κ3) is 3.95. The minimum absolute atomic E-state index is 0.214. The number of rotatable bonds is 5. The molecule has 5 heteroatoms. The van der Waals surface area contributed by atoms with Crippen LogP contribution >= 0.6 is 27.5 Å². The van der Waals surface area contributed by atoms with Gasteiger partial charge in [0.05, 0.1) is 4.47 Å². The molecular formula is C15H14BrClFNO. The molecule has 0 heterocycles. The van der Waals surface area contributed by atoms with E-state index in [2.05, 4.69) is 15.9 Å². The van der Waals surface area contributed by atoms with Gasteiger partial charge in [-0.1, -0.05) is 17.7 Å². The van der Waals surface area contributed by atoms with Gasteiger partial charge in [0, 0.05) is 10.6 Å². The van der Waals surface area contributed by atoms with Gasteiger partial charge in [-0.15, -0.1) is 0 Å². The first-order valence-electron chi connectivity index (χ1n) is 6.15. The van der Waals surface area contributed by atoms with Crippen LogP contribution in [-0.4, -0.2) is 6.54 Å². The van der Waals surface area contributed by atoms with Crippen molar-refractivity contribution in [1.82, 2.24) is 0 Å². The van der Waals surface area contributed by atoms with Crippen molar-refractivity contribution < 1.29 is 9.13 Å². The van der Waals surface area contributed by atoms with E-state index in [1.807, 2.05) is 18.2 Å². The first-order chi connectivity index (χ1) is 9.60. The van der Waals surface area contributed by atoms with Gasteiger partial charge in [0.2, 0.25) is 0 Å². The largest absolute Gasteiger partial charge is 0.488 e. The molecule has 0 spiro atoms. The minimum Gasteiger partial charge on any atom is -0.488 e. The molecule has 20 heavy (non-hydrogen) atoms. The monoisotopic (exact) mass is 357 g/mol. The molecule has 2 aromatic rings. The number of nitrogens with two attached hydrogens (primary N) is 1. The molecule has 0 aliphatic heterocycles. The Balaban J connectivity index is 2.09. The fourth-order valence-electron chi connectivity index (χ4n) is 1.79. The van der Waals surface area contributed by atoms with Crippen molar-refractivity contribution in [2.45, 2.75) is 13.0 Å². The molecule has 0 amide bonds. The Morgan fingerprint density at radius 2 is 2.00 bits per heavy atom. The van der Waals surface area contributed by atoms with Crippen molar-refractivity contribution >= 4 is 27.5 Å². The van der Waals surface area contributed by atoms with E-state index in [0.29, 0.717) is 22.9 Å². The molecule has 0 bridgehead atoms. The van der Waals surface area contributed by atoms with Gasteiger partial charge in [-0.05, 0) is 64.8 Å². The number of benzene rings is 2. The Hall–Kier alpha value is -1.10. The van der Waals surface area contributed by atoms with E-state index in [1.54, 1.807) is 0 Å². The summed E-state index contributed by atoms with van der Waals surface area (Å²) in [5, 5.41) is 0.488. The predicted molar refractivity (Wildman–Crippen MR) is 82.6 cm³/mol. The van der Waals surface area contributed by atoms with Crippen molar-refractivity contribution in [2.24, 2.45) is 5.73 Å². The second-order valence-corrected chi connectivity index (χ2v) is 5.59. The number of ether oxygens (including phenoxy) is 1. The van der Waals surface area contributed by atoms with E-state index in [-0.39, 0.29) is 12.4 Å². The molecule has 0 aliphatic carbocycles. The molecule has 0 atom stereocenters. The average molecular weight is 359 g/mol. The standard InChI is InChI=1S/C15H14BrClFNO/c16-13-7-10(5-6-19)1-4-15(13)20-9-11-8-12(18)2-3-14(11)17/h1-4,7-8H,5-6,9,19H2. The van der Waals surface area contributed by atoms with Gasteiger partial charge in [-0.25, -0.2) is 4.39 Å². The Labute approximate surface area is 130 Å². The maximum absolute atomic E-state index is 13.2. The van der Waals surface area contributed by atoms with Gasteiger partial charge in [0.1, 0.15) is 18.2 Å². The number of halogens is 3. The first kappa shape index (κ1) is 15.3. The summed E-state index contributed by atoms with van der Waals surface area (Å²) in [5.41, 5.74) is 7.27. The fraction of sp³-hybridized carbons (Fsp3) is 0.200. The fourth-order valence-corrected chi connectivity index (χ4v) is 2.51. The zero-order valence-electron chi connectivity index (χ0n) is 10.7. The quantitative estimate of drug-likeness (QED) is 0.864. The predicted octanol–water partition coefficient (Wildman–Crippen LogP) is 4.32. The average Bonchev–Trinajstić information content (AvgIpc) is 2.42. The van der Waals surface area contributed by atoms with Crippen molar-refractivity contribution in [3.63, 3.8) is 0 Å². The second-order valence-electron chi connectivity index (χ2n) is 4.33. The van der Waals surface area contributed by atoms with Crippen LogP contribution in [0, 0.1) is 5.82 Å². The Kier molecular flexibility index (Phi) is 5.40. The molecule has 0 radical (unpaired) electrons. The molecule has 0 saturated carbocycles. The van der Waals surface area contributed by atoms with Crippen LogP contribution in [-0.2, 0) is 13.0 Å². The van der Waals surface area contributed by atoms with Gasteiger partial charge in [0.15, 0.2) is 0 Å². The third-order valence-corrected chi connectivity index (χ3v) is 3.81. The van der Waals surface area contributed by atoms with Crippen LogP contribution in [0.2, 0.25) is 5.02 Å². The SMILES string of the molecule is NCCc1ccc(OCc2cc(F)ccc2Cl)c(Br)c1. The normalized spacial score (nSPS) is 10.6. The summed E-state index contributed by atoms with van der Waals surface area (Å²) in [6.07, 6.45) is 0.814. The lowest BCUT2D eigenvalue weighted by molar-refractivity contribution is 0.303. The highest BCUT2D eigenvalue weighted by atomic mass is 79.9. The first-order valence-corrected chi connectivity index (χ1v) is 7.32. The van der Waals surface area contributed by atoms with Crippen LogP contribution in [0.1, 0.15) is 11.1 Å². The third-order valence-electron chi connectivity index (χ3n) is 2.82. The summed E-state index contributed by atoms with van der Waals surface area (Å²) in [5.74, 6) is 0.358. The van der Waals surface area contributed by atoms with Crippen LogP contribution in [0.25, 0.3) is 0 Å². The van der Waals surface area contributed by atoms with Crippen LogP contribution in [0.5, 0.6) is 5.75 Å². The lowest BCUT2D eigenvalue weighted by atomic mass is 10.1. The van der Waals surface area contributed by atoms with E-state index in [1.165, 1.54) is 18.2 Å². The summed E-state index contributed by atoms with van der Waals surface area (Å²) >= 11 is 9.45. The van der Waals surface area contributed by atoms with E-state index in [0.717, 1.165) is 16.5 Å². The van der Waals surface area contributed by atoms with Gasteiger partial charge in [-0.2, -0.15) is 0 Å². The number of hydrogen-bond acceptors (Lipinski definition) is 2. The van der Waals surface area contributed by atoms with Gasteiger partial charge < -0.3 is 10.5 Å². The molecular weight excluding hydrogens is 345 g/mol. The van der Waals surface area contributed by atoms with E-state index in [9.17, 15) is 4.39 Å². The van der Waals surface area contributed by atoms with E-state index in [4.69, 9.17) is 22.1 Å². The highest BCUT2D eigenvalue weighted by Gasteiger charge is 2.06. The summed E-state index contributed by atoms with van der Waals surface area (Å²) < 4.78 is 19.7. The minimum atomic E-state index is -0.328. The Morgan fingerprint density at radius 3 is 2.70 bits per heavy atom. The molecule has 2 N–H and O–H groups in total. The lowest BCUT2D eigenvalue weighted by Gasteiger charge is -2.11. The molecule has 2 aromatic carbocycles. The Bertz CT molecular complexity index is 606. The van der Waals surface area contributed by atoms with E-state index < -0.39 is 0 Å². The van der Waals surface area contributed by atoms with Crippen LogP contribution < -0.4 is 10.5 Å². The van der Waals surface area contributed by atoms with E-state index >= 15 is 0 Å². The summed E-state index contributed by atoms with van der Waals surface area (Å²) in [4.78, 5) is 0.